The molecule has 2 aliphatic rings. The minimum absolute atomic E-state index is 0.208. The summed E-state index contributed by atoms with van der Waals surface area (Å²) in [5, 5.41) is 0.752. The van der Waals surface area contributed by atoms with Gasteiger partial charge in [-0.05, 0) is 48.2 Å². The van der Waals surface area contributed by atoms with Crippen molar-refractivity contribution in [3.63, 3.8) is 0 Å². The number of guanidine groups is 1. The SMILES string of the molecule is NC(=NCCCC(=O)N1CCc2ccccc2C1)N1CCN(c2ccc(Cl)cc2)CC1. The van der Waals surface area contributed by atoms with E-state index >= 15 is 0 Å². The Bertz CT molecular complexity index is 922. The van der Waals surface area contributed by atoms with Crippen LogP contribution in [0.25, 0.3) is 0 Å². The molecule has 1 saturated heterocycles. The number of benzene rings is 2. The number of hydrogen-bond donors (Lipinski definition) is 1. The maximum Gasteiger partial charge on any atom is 0.222 e. The second kappa shape index (κ2) is 10.1. The summed E-state index contributed by atoms with van der Waals surface area (Å²) in [7, 11) is 0. The topological polar surface area (TPSA) is 65.2 Å². The van der Waals surface area contributed by atoms with Crippen molar-refractivity contribution >= 4 is 29.2 Å². The Kier molecular flexibility index (Phi) is 6.97. The molecule has 31 heavy (non-hydrogen) atoms. The lowest BCUT2D eigenvalue weighted by molar-refractivity contribution is -0.132. The highest BCUT2D eigenvalue weighted by molar-refractivity contribution is 6.30. The van der Waals surface area contributed by atoms with E-state index in [1.807, 2.05) is 35.2 Å². The van der Waals surface area contributed by atoms with Gasteiger partial charge in [0.2, 0.25) is 5.91 Å². The zero-order valence-corrected chi connectivity index (χ0v) is 18.6. The summed E-state index contributed by atoms with van der Waals surface area (Å²) in [6, 6.07) is 16.3. The number of hydrogen-bond acceptors (Lipinski definition) is 3. The van der Waals surface area contributed by atoms with Gasteiger partial charge >= 0.3 is 0 Å². The van der Waals surface area contributed by atoms with Gasteiger partial charge in [-0.3, -0.25) is 9.79 Å². The molecule has 2 N–H and O–H groups in total. The molecule has 7 heteroatoms. The molecule has 2 aromatic carbocycles. The number of aliphatic imine (C=N–C) groups is 1. The van der Waals surface area contributed by atoms with Crippen LogP contribution >= 0.6 is 11.6 Å². The molecule has 2 aromatic rings. The number of nitrogens with two attached hydrogens (primary N) is 1. The van der Waals surface area contributed by atoms with Gasteiger partial charge in [-0.1, -0.05) is 35.9 Å². The van der Waals surface area contributed by atoms with Crippen molar-refractivity contribution in [3.05, 3.63) is 64.7 Å². The molecule has 1 amide bonds. The van der Waals surface area contributed by atoms with E-state index in [0.717, 1.165) is 57.1 Å². The Hall–Kier alpha value is -2.73. The van der Waals surface area contributed by atoms with E-state index in [-0.39, 0.29) is 5.91 Å². The molecule has 2 aliphatic heterocycles. The number of carbonyl (C=O) groups excluding carboxylic acids is 1. The fraction of sp³-hybridized carbons (Fsp3) is 0.417. The summed E-state index contributed by atoms with van der Waals surface area (Å²) < 4.78 is 0. The first kappa shape index (κ1) is 21.5. The number of nitrogens with zero attached hydrogens (tertiary/aromatic N) is 4. The monoisotopic (exact) mass is 439 g/mol. The lowest BCUT2D eigenvalue weighted by atomic mass is 9.99. The number of carbonyl (C=O) groups is 1. The van der Waals surface area contributed by atoms with Gasteiger partial charge in [-0.2, -0.15) is 0 Å². The van der Waals surface area contributed by atoms with Gasteiger partial charge in [0.15, 0.2) is 5.96 Å². The maximum absolute atomic E-state index is 12.6. The summed E-state index contributed by atoms with van der Waals surface area (Å²) in [6.07, 6.45) is 2.18. The van der Waals surface area contributed by atoms with Crippen LogP contribution in [0.15, 0.2) is 53.5 Å². The molecule has 0 spiro atoms. The summed E-state index contributed by atoms with van der Waals surface area (Å²) in [5.41, 5.74) is 10.0. The third-order valence-electron chi connectivity index (χ3n) is 6.10. The fourth-order valence-electron chi connectivity index (χ4n) is 4.24. The number of rotatable bonds is 5. The Balaban J connectivity index is 1.18. The second-order valence-electron chi connectivity index (χ2n) is 8.13. The minimum atomic E-state index is 0.208. The lowest BCUT2D eigenvalue weighted by Crippen LogP contribution is -2.51. The predicted molar refractivity (Wildman–Crippen MR) is 127 cm³/mol. The predicted octanol–water partition coefficient (Wildman–Crippen LogP) is 3.14. The van der Waals surface area contributed by atoms with E-state index in [0.29, 0.717) is 18.9 Å². The van der Waals surface area contributed by atoms with Crippen LogP contribution in [0.5, 0.6) is 0 Å². The Morgan fingerprint density at radius 1 is 0.935 bits per heavy atom. The van der Waals surface area contributed by atoms with E-state index < -0.39 is 0 Å². The third-order valence-corrected chi connectivity index (χ3v) is 6.35. The van der Waals surface area contributed by atoms with Crippen molar-refractivity contribution in [3.8, 4) is 0 Å². The van der Waals surface area contributed by atoms with E-state index in [2.05, 4.69) is 33.0 Å². The molecule has 0 aliphatic carbocycles. The first-order valence-electron chi connectivity index (χ1n) is 11.0. The van der Waals surface area contributed by atoms with Crippen molar-refractivity contribution in [2.24, 2.45) is 10.7 Å². The van der Waals surface area contributed by atoms with Crippen molar-refractivity contribution in [2.75, 3.05) is 44.2 Å². The van der Waals surface area contributed by atoms with E-state index in [1.165, 1.54) is 16.8 Å². The Morgan fingerprint density at radius 3 is 2.39 bits per heavy atom. The highest BCUT2D eigenvalue weighted by atomic mass is 35.5. The number of halogens is 1. The number of amides is 1. The zero-order chi connectivity index (χ0) is 21.6. The summed E-state index contributed by atoms with van der Waals surface area (Å²) >= 11 is 5.98. The summed E-state index contributed by atoms with van der Waals surface area (Å²) in [4.78, 5) is 23.5. The van der Waals surface area contributed by atoms with Crippen LogP contribution in [-0.2, 0) is 17.8 Å². The third kappa shape index (κ3) is 5.50. The molecule has 6 nitrogen and oxygen atoms in total. The second-order valence-corrected chi connectivity index (χ2v) is 8.56. The van der Waals surface area contributed by atoms with Gasteiger partial charge in [-0.15, -0.1) is 0 Å². The van der Waals surface area contributed by atoms with E-state index in [9.17, 15) is 4.79 Å². The largest absolute Gasteiger partial charge is 0.370 e. The molecule has 4 rings (SSSR count). The highest BCUT2D eigenvalue weighted by Crippen LogP contribution is 2.20. The average Bonchev–Trinajstić information content (AvgIpc) is 2.82. The molecule has 0 bridgehead atoms. The van der Waals surface area contributed by atoms with Gasteiger partial charge in [0.05, 0.1) is 0 Å². The zero-order valence-electron chi connectivity index (χ0n) is 17.8. The molecule has 0 aromatic heterocycles. The number of piperazine rings is 1. The van der Waals surface area contributed by atoms with E-state index in [4.69, 9.17) is 17.3 Å². The number of fused-ring (bicyclic) bond motifs is 1. The molecule has 0 saturated carbocycles. The Labute approximate surface area is 189 Å². The summed E-state index contributed by atoms with van der Waals surface area (Å²) in [5.74, 6) is 0.787. The van der Waals surface area contributed by atoms with Crippen molar-refractivity contribution in [1.82, 2.24) is 9.80 Å². The average molecular weight is 440 g/mol. The maximum atomic E-state index is 12.6. The van der Waals surface area contributed by atoms with Crippen LogP contribution < -0.4 is 10.6 Å². The van der Waals surface area contributed by atoms with Crippen LogP contribution in [0.3, 0.4) is 0 Å². The molecule has 164 valence electrons. The van der Waals surface area contributed by atoms with Crippen LogP contribution in [0, 0.1) is 0 Å². The van der Waals surface area contributed by atoms with Crippen LogP contribution in [0.2, 0.25) is 5.02 Å². The highest BCUT2D eigenvalue weighted by Gasteiger charge is 2.20. The molecule has 2 heterocycles. The van der Waals surface area contributed by atoms with Crippen LogP contribution in [0.4, 0.5) is 5.69 Å². The quantitative estimate of drug-likeness (QED) is 0.441. The standard InChI is InChI=1S/C24H30ClN5O/c25-21-7-9-22(10-8-21)28-14-16-29(17-15-28)24(26)27-12-3-6-23(31)30-13-11-19-4-1-2-5-20(19)18-30/h1-2,4-5,7-10H,3,6,11-18H2,(H2,26,27). The Morgan fingerprint density at radius 2 is 1.65 bits per heavy atom. The van der Waals surface area contributed by atoms with Gasteiger partial charge in [0.1, 0.15) is 0 Å². The van der Waals surface area contributed by atoms with Gasteiger partial charge in [0.25, 0.3) is 0 Å². The molecule has 0 radical (unpaired) electrons. The molecular weight excluding hydrogens is 410 g/mol. The van der Waals surface area contributed by atoms with Gasteiger partial charge in [0, 0.05) is 62.9 Å². The molecular formula is C24H30ClN5O. The van der Waals surface area contributed by atoms with Crippen molar-refractivity contribution in [1.29, 1.82) is 0 Å². The van der Waals surface area contributed by atoms with Crippen molar-refractivity contribution in [2.45, 2.75) is 25.8 Å². The van der Waals surface area contributed by atoms with Gasteiger partial charge in [-0.25, -0.2) is 0 Å². The van der Waals surface area contributed by atoms with Crippen molar-refractivity contribution < 1.29 is 4.79 Å². The van der Waals surface area contributed by atoms with Gasteiger partial charge < -0.3 is 20.4 Å². The molecule has 0 atom stereocenters. The minimum Gasteiger partial charge on any atom is -0.370 e. The van der Waals surface area contributed by atoms with Crippen LogP contribution in [-0.4, -0.2) is 60.9 Å². The van der Waals surface area contributed by atoms with E-state index in [1.54, 1.807) is 0 Å². The molecule has 1 fully saturated rings. The lowest BCUT2D eigenvalue weighted by Gasteiger charge is -2.36. The molecule has 0 unspecified atom stereocenters. The summed E-state index contributed by atoms with van der Waals surface area (Å²) in [6.45, 7) is 5.57. The first-order valence-corrected chi connectivity index (χ1v) is 11.4. The fourth-order valence-corrected chi connectivity index (χ4v) is 4.36. The van der Waals surface area contributed by atoms with Crippen LogP contribution in [0.1, 0.15) is 24.0 Å². The number of anilines is 1. The normalized spacial score (nSPS) is 16.9. The smallest absolute Gasteiger partial charge is 0.222 e. The first-order chi connectivity index (χ1) is 15.1.